The van der Waals surface area contributed by atoms with Crippen molar-refractivity contribution in [3.63, 3.8) is 0 Å². The quantitative estimate of drug-likeness (QED) is 0.689. The number of thiazole rings is 1. The van der Waals surface area contributed by atoms with Gasteiger partial charge in [0.1, 0.15) is 11.1 Å². The second-order valence-corrected chi connectivity index (χ2v) is 8.56. The Balaban J connectivity index is 1.67. The van der Waals surface area contributed by atoms with Crippen LogP contribution in [0.4, 0.5) is 0 Å². The second kappa shape index (κ2) is 9.28. The van der Waals surface area contributed by atoms with Crippen LogP contribution in [0.15, 0.2) is 17.8 Å². The molecule has 0 aliphatic carbocycles. The minimum absolute atomic E-state index is 0.0699. The lowest BCUT2D eigenvalue weighted by Crippen LogP contribution is -2.42. The zero-order valence-corrected chi connectivity index (χ0v) is 18.1. The standard InChI is InChI=1S/C20H33N5OS/c1-6-25-9-7-8-16(19(25)17-10-21-24(4)12-17)11-23(3)13-18-14-27-20(22-18)15(2)26-5/h10,12,14-16,19H,6-9,11,13H2,1-5H3/t15?,16-,19+/m0/s1. The molecule has 2 aromatic heterocycles. The molecule has 1 aliphatic heterocycles. The van der Waals surface area contributed by atoms with Crippen molar-refractivity contribution in [3.05, 3.63) is 34.0 Å². The van der Waals surface area contributed by atoms with Gasteiger partial charge in [-0.1, -0.05) is 6.92 Å². The summed E-state index contributed by atoms with van der Waals surface area (Å²) >= 11 is 1.69. The summed E-state index contributed by atoms with van der Waals surface area (Å²) < 4.78 is 7.31. The predicted octanol–water partition coefficient (Wildman–Crippen LogP) is 3.49. The molecule has 3 atom stereocenters. The number of rotatable bonds is 8. The van der Waals surface area contributed by atoms with E-state index in [9.17, 15) is 0 Å². The maximum Gasteiger partial charge on any atom is 0.122 e. The molecule has 1 unspecified atom stereocenters. The van der Waals surface area contributed by atoms with E-state index >= 15 is 0 Å². The van der Waals surface area contributed by atoms with Crippen LogP contribution in [0, 0.1) is 5.92 Å². The van der Waals surface area contributed by atoms with Crippen molar-refractivity contribution in [2.75, 3.05) is 33.8 Å². The van der Waals surface area contributed by atoms with Crippen molar-refractivity contribution >= 4 is 11.3 Å². The van der Waals surface area contributed by atoms with E-state index in [1.54, 1.807) is 18.4 Å². The zero-order valence-electron chi connectivity index (χ0n) is 17.3. The van der Waals surface area contributed by atoms with Crippen LogP contribution in [0.1, 0.15) is 55.1 Å². The number of aromatic nitrogens is 3. The molecule has 0 amide bonds. The number of hydrogen-bond acceptors (Lipinski definition) is 6. The number of methoxy groups -OCH3 is 1. The van der Waals surface area contributed by atoms with Gasteiger partial charge in [0.25, 0.3) is 0 Å². The first-order valence-corrected chi connectivity index (χ1v) is 10.8. The SMILES string of the molecule is CCN1CCC[C@@H](CN(C)Cc2csc(C(C)OC)n2)[C@@H]1c1cnn(C)c1. The molecule has 2 aromatic rings. The normalized spacial score (nSPS) is 22.4. The van der Waals surface area contributed by atoms with Crippen molar-refractivity contribution in [1.29, 1.82) is 0 Å². The summed E-state index contributed by atoms with van der Waals surface area (Å²) in [5.74, 6) is 0.615. The highest BCUT2D eigenvalue weighted by atomic mass is 32.1. The fourth-order valence-corrected chi connectivity index (χ4v) is 5.04. The fourth-order valence-electron chi connectivity index (χ4n) is 4.20. The lowest BCUT2D eigenvalue weighted by molar-refractivity contribution is 0.0746. The smallest absolute Gasteiger partial charge is 0.122 e. The van der Waals surface area contributed by atoms with E-state index in [-0.39, 0.29) is 6.10 Å². The molecular weight excluding hydrogens is 358 g/mol. The van der Waals surface area contributed by atoms with Crippen LogP contribution in [-0.4, -0.2) is 58.4 Å². The van der Waals surface area contributed by atoms with Crippen LogP contribution < -0.4 is 0 Å². The molecule has 0 saturated carbocycles. The Morgan fingerprint density at radius 2 is 2.26 bits per heavy atom. The highest BCUT2D eigenvalue weighted by Gasteiger charge is 2.33. The summed E-state index contributed by atoms with van der Waals surface area (Å²) in [6, 6.07) is 0.458. The number of likely N-dealkylation sites (tertiary alicyclic amines) is 1. The average molecular weight is 392 g/mol. The van der Waals surface area contributed by atoms with Gasteiger partial charge in [0.15, 0.2) is 0 Å². The molecule has 3 rings (SSSR count). The first kappa shape index (κ1) is 20.5. The van der Waals surface area contributed by atoms with Crippen LogP contribution in [0.25, 0.3) is 0 Å². The molecule has 6 nitrogen and oxygen atoms in total. The fraction of sp³-hybridized carbons (Fsp3) is 0.700. The molecule has 0 radical (unpaired) electrons. The Morgan fingerprint density at radius 3 is 2.93 bits per heavy atom. The van der Waals surface area contributed by atoms with E-state index < -0.39 is 0 Å². The molecule has 7 heteroatoms. The maximum absolute atomic E-state index is 5.39. The summed E-state index contributed by atoms with van der Waals surface area (Å²) in [5.41, 5.74) is 2.49. The molecule has 1 saturated heterocycles. The summed E-state index contributed by atoms with van der Waals surface area (Å²) in [4.78, 5) is 9.79. The molecule has 0 N–H and O–H groups in total. The summed E-state index contributed by atoms with van der Waals surface area (Å²) in [6.07, 6.45) is 6.84. The average Bonchev–Trinajstić information content (AvgIpc) is 3.29. The number of nitrogens with zero attached hydrogens (tertiary/aromatic N) is 5. The molecule has 0 aromatic carbocycles. The van der Waals surface area contributed by atoms with Gasteiger partial charge in [-0.25, -0.2) is 4.98 Å². The Labute approximate surface area is 167 Å². The molecule has 27 heavy (non-hydrogen) atoms. The number of ether oxygens (including phenoxy) is 1. The van der Waals surface area contributed by atoms with Gasteiger partial charge in [-0.3, -0.25) is 9.58 Å². The Hall–Kier alpha value is -1.28. The van der Waals surface area contributed by atoms with E-state index in [0.717, 1.165) is 30.3 Å². The maximum atomic E-state index is 5.39. The van der Waals surface area contributed by atoms with E-state index in [1.807, 2.05) is 24.9 Å². The van der Waals surface area contributed by atoms with Crippen LogP contribution in [0.2, 0.25) is 0 Å². The van der Waals surface area contributed by atoms with Crippen molar-refractivity contribution in [3.8, 4) is 0 Å². The third kappa shape index (κ3) is 4.96. The van der Waals surface area contributed by atoms with Gasteiger partial charge in [-0.15, -0.1) is 11.3 Å². The molecule has 0 bridgehead atoms. The third-order valence-electron chi connectivity index (χ3n) is 5.58. The number of piperidine rings is 1. The molecular formula is C20H33N5OS. The van der Waals surface area contributed by atoms with Crippen molar-refractivity contribution in [2.45, 2.75) is 45.4 Å². The summed E-state index contributed by atoms with van der Waals surface area (Å²) in [7, 11) is 5.95. The molecule has 150 valence electrons. The van der Waals surface area contributed by atoms with Crippen LogP contribution >= 0.6 is 11.3 Å². The van der Waals surface area contributed by atoms with Gasteiger partial charge in [0.05, 0.1) is 11.9 Å². The van der Waals surface area contributed by atoms with Crippen molar-refractivity contribution in [2.24, 2.45) is 13.0 Å². The zero-order chi connectivity index (χ0) is 19.4. The largest absolute Gasteiger partial charge is 0.375 e. The third-order valence-corrected chi connectivity index (χ3v) is 6.64. The van der Waals surface area contributed by atoms with E-state index in [1.165, 1.54) is 24.9 Å². The van der Waals surface area contributed by atoms with Gasteiger partial charge in [0.2, 0.25) is 0 Å². The topological polar surface area (TPSA) is 46.4 Å². The Bertz CT molecular complexity index is 715. The van der Waals surface area contributed by atoms with Crippen LogP contribution in [0.3, 0.4) is 0 Å². The molecule has 3 heterocycles. The highest BCUT2D eigenvalue weighted by Crippen LogP contribution is 2.36. The van der Waals surface area contributed by atoms with Gasteiger partial charge >= 0.3 is 0 Å². The van der Waals surface area contributed by atoms with Gasteiger partial charge in [0, 0.05) is 50.4 Å². The van der Waals surface area contributed by atoms with Crippen molar-refractivity contribution < 1.29 is 4.74 Å². The number of hydrogen-bond donors (Lipinski definition) is 0. The number of aryl methyl sites for hydroxylation is 1. The second-order valence-electron chi connectivity index (χ2n) is 7.67. The lowest BCUT2D eigenvalue weighted by Gasteiger charge is -2.42. The van der Waals surface area contributed by atoms with E-state index in [4.69, 9.17) is 9.72 Å². The van der Waals surface area contributed by atoms with E-state index in [2.05, 4.69) is 40.4 Å². The molecule has 0 spiro atoms. The summed E-state index contributed by atoms with van der Waals surface area (Å²) in [5, 5.41) is 7.65. The Morgan fingerprint density at radius 1 is 1.44 bits per heavy atom. The van der Waals surface area contributed by atoms with Gasteiger partial charge in [-0.05, 0) is 45.8 Å². The first-order valence-electron chi connectivity index (χ1n) is 9.90. The minimum atomic E-state index is 0.0699. The molecule has 1 fully saturated rings. The summed E-state index contributed by atoms with van der Waals surface area (Å²) in [6.45, 7) is 8.54. The van der Waals surface area contributed by atoms with Gasteiger partial charge in [-0.2, -0.15) is 5.10 Å². The van der Waals surface area contributed by atoms with Gasteiger partial charge < -0.3 is 9.64 Å². The van der Waals surface area contributed by atoms with Crippen LogP contribution in [0.5, 0.6) is 0 Å². The Kier molecular flexibility index (Phi) is 7.03. The minimum Gasteiger partial charge on any atom is -0.375 e. The monoisotopic (exact) mass is 391 g/mol. The molecule has 1 aliphatic rings. The van der Waals surface area contributed by atoms with Crippen molar-refractivity contribution in [1.82, 2.24) is 24.6 Å². The van der Waals surface area contributed by atoms with Crippen LogP contribution in [-0.2, 0) is 18.3 Å². The highest BCUT2D eigenvalue weighted by molar-refractivity contribution is 7.09. The predicted molar refractivity (Wildman–Crippen MR) is 110 cm³/mol. The lowest BCUT2D eigenvalue weighted by atomic mass is 9.85. The first-order chi connectivity index (χ1) is 13.0. The van der Waals surface area contributed by atoms with E-state index in [0.29, 0.717) is 12.0 Å².